The highest BCUT2D eigenvalue weighted by Gasteiger charge is 2.38. The molecule has 1 heterocycles. The Balaban J connectivity index is 1.92. The number of likely N-dealkylation sites (N-methyl/N-ethyl adjacent to an activating group) is 1. The van der Waals surface area contributed by atoms with Crippen molar-refractivity contribution in [1.29, 1.82) is 0 Å². The van der Waals surface area contributed by atoms with E-state index in [1.165, 1.54) is 51.9 Å². The van der Waals surface area contributed by atoms with Crippen LogP contribution in [0.1, 0.15) is 32.6 Å². The Morgan fingerprint density at radius 1 is 1.25 bits per heavy atom. The normalized spacial score (nSPS) is 32.1. The second-order valence-corrected chi connectivity index (χ2v) is 6.26. The van der Waals surface area contributed by atoms with Gasteiger partial charge in [-0.2, -0.15) is 12.6 Å². The van der Waals surface area contributed by atoms with Gasteiger partial charge in [0.05, 0.1) is 0 Å². The molecule has 1 unspecified atom stereocenters. The van der Waals surface area contributed by atoms with Crippen LogP contribution >= 0.6 is 12.6 Å². The maximum atomic E-state index is 4.57. The first kappa shape index (κ1) is 12.7. The van der Waals surface area contributed by atoms with Gasteiger partial charge in [0.1, 0.15) is 0 Å². The highest BCUT2D eigenvalue weighted by molar-refractivity contribution is 7.80. The van der Waals surface area contributed by atoms with Gasteiger partial charge in [-0.1, -0.05) is 6.42 Å². The van der Waals surface area contributed by atoms with E-state index in [1.54, 1.807) is 0 Å². The van der Waals surface area contributed by atoms with Crippen molar-refractivity contribution in [2.24, 2.45) is 5.41 Å². The van der Waals surface area contributed by atoms with Crippen LogP contribution in [0.4, 0.5) is 0 Å². The van der Waals surface area contributed by atoms with Crippen LogP contribution in [0.15, 0.2) is 0 Å². The zero-order chi connectivity index (χ0) is 11.6. The van der Waals surface area contributed by atoms with Crippen LogP contribution in [0.5, 0.6) is 0 Å². The maximum Gasteiger partial charge on any atom is 0.0195 e. The van der Waals surface area contributed by atoms with Crippen molar-refractivity contribution in [3.05, 3.63) is 0 Å². The number of hydrogen-bond donors (Lipinski definition) is 1. The Hall–Kier alpha value is 0.270. The quantitative estimate of drug-likeness (QED) is 0.757. The minimum absolute atomic E-state index is 0.556. The second-order valence-electron chi connectivity index (χ2n) is 5.95. The van der Waals surface area contributed by atoms with Crippen molar-refractivity contribution >= 4 is 12.6 Å². The van der Waals surface area contributed by atoms with E-state index < -0.39 is 0 Å². The summed E-state index contributed by atoms with van der Waals surface area (Å²) in [6, 6.07) is 0.713. The summed E-state index contributed by atoms with van der Waals surface area (Å²) in [6.07, 6.45) is 5.54. The summed E-state index contributed by atoms with van der Waals surface area (Å²) in [4.78, 5) is 5.18. The molecule has 1 aliphatic carbocycles. The molecule has 0 aromatic carbocycles. The Morgan fingerprint density at radius 3 is 2.56 bits per heavy atom. The molecule has 2 rings (SSSR count). The second kappa shape index (κ2) is 5.28. The maximum absolute atomic E-state index is 4.57. The minimum atomic E-state index is 0.556. The summed E-state index contributed by atoms with van der Waals surface area (Å²) in [5, 5.41) is 0. The third-order valence-electron chi connectivity index (χ3n) is 4.47. The first-order valence-corrected chi connectivity index (χ1v) is 7.32. The number of thiol groups is 1. The zero-order valence-corrected chi connectivity index (χ0v) is 11.7. The van der Waals surface area contributed by atoms with Crippen molar-refractivity contribution in [2.45, 2.75) is 38.6 Å². The van der Waals surface area contributed by atoms with Crippen LogP contribution in [0.25, 0.3) is 0 Å². The van der Waals surface area contributed by atoms with Gasteiger partial charge >= 0.3 is 0 Å². The summed E-state index contributed by atoms with van der Waals surface area (Å²) in [7, 11) is 2.25. The van der Waals surface area contributed by atoms with Gasteiger partial charge in [0.25, 0.3) is 0 Å². The number of nitrogens with zero attached hydrogens (tertiary/aromatic N) is 2. The molecule has 0 N–H and O–H groups in total. The lowest BCUT2D eigenvalue weighted by atomic mass is 9.69. The molecule has 2 nitrogen and oxygen atoms in total. The molecule has 0 aromatic heterocycles. The van der Waals surface area contributed by atoms with Gasteiger partial charge in [0, 0.05) is 19.1 Å². The first-order chi connectivity index (χ1) is 7.65. The van der Waals surface area contributed by atoms with Crippen molar-refractivity contribution in [1.82, 2.24) is 9.80 Å². The molecule has 1 aliphatic heterocycles. The highest BCUT2D eigenvalue weighted by Crippen LogP contribution is 2.42. The van der Waals surface area contributed by atoms with E-state index in [9.17, 15) is 0 Å². The molecular formula is C13H26N2S. The molecule has 94 valence electrons. The van der Waals surface area contributed by atoms with E-state index in [0.717, 1.165) is 5.75 Å². The van der Waals surface area contributed by atoms with Crippen molar-refractivity contribution in [3.8, 4) is 0 Å². The Bertz CT molecular complexity index is 222. The molecule has 0 amide bonds. The Kier molecular flexibility index (Phi) is 4.20. The van der Waals surface area contributed by atoms with E-state index >= 15 is 0 Å². The topological polar surface area (TPSA) is 6.48 Å². The predicted octanol–water partition coefficient (Wildman–Crippen LogP) is 2.11. The van der Waals surface area contributed by atoms with Crippen LogP contribution in [-0.4, -0.2) is 54.8 Å². The fourth-order valence-electron chi connectivity index (χ4n) is 3.13. The number of rotatable bonds is 3. The molecule has 1 atom stereocenters. The molecule has 0 bridgehead atoms. The lowest BCUT2D eigenvalue weighted by Crippen LogP contribution is -2.48. The van der Waals surface area contributed by atoms with Gasteiger partial charge in [-0.05, 0) is 57.5 Å². The lowest BCUT2D eigenvalue weighted by molar-refractivity contribution is 0.0696. The lowest BCUT2D eigenvalue weighted by Gasteiger charge is -2.45. The molecule has 1 saturated carbocycles. The van der Waals surface area contributed by atoms with Crippen LogP contribution in [0.2, 0.25) is 0 Å². The Morgan fingerprint density at radius 2 is 2.00 bits per heavy atom. The van der Waals surface area contributed by atoms with E-state index in [4.69, 9.17) is 0 Å². The van der Waals surface area contributed by atoms with E-state index in [1.807, 2.05) is 0 Å². The third-order valence-corrected chi connectivity index (χ3v) is 5.14. The van der Waals surface area contributed by atoms with E-state index in [0.29, 0.717) is 11.5 Å². The molecule has 2 aliphatic rings. The van der Waals surface area contributed by atoms with Gasteiger partial charge in [0.15, 0.2) is 0 Å². The van der Waals surface area contributed by atoms with Crippen molar-refractivity contribution < 1.29 is 0 Å². The molecule has 16 heavy (non-hydrogen) atoms. The van der Waals surface area contributed by atoms with Gasteiger partial charge in [-0.3, -0.25) is 4.90 Å². The van der Waals surface area contributed by atoms with Crippen molar-refractivity contribution in [2.75, 3.05) is 39.0 Å². The summed E-state index contributed by atoms with van der Waals surface area (Å²) in [5.74, 6) is 1.08. The average molecular weight is 242 g/mol. The molecule has 0 radical (unpaired) electrons. The third kappa shape index (κ3) is 2.74. The van der Waals surface area contributed by atoms with E-state index in [2.05, 4.69) is 36.4 Å². The van der Waals surface area contributed by atoms with Crippen LogP contribution in [0.3, 0.4) is 0 Å². The van der Waals surface area contributed by atoms with Gasteiger partial charge < -0.3 is 4.90 Å². The molecule has 0 spiro atoms. The molecule has 3 heteroatoms. The largest absolute Gasteiger partial charge is 0.305 e. The molecule has 2 fully saturated rings. The predicted molar refractivity (Wildman–Crippen MR) is 73.3 cm³/mol. The first-order valence-electron chi connectivity index (χ1n) is 6.69. The van der Waals surface area contributed by atoms with Crippen LogP contribution in [0, 0.1) is 5.41 Å². The molecule has 0 aromatic rings. The van der Waals surface area contributed by atoms with Gasteiger partial charge in [0.2, 0.25) is 0 Å². The minimum Gasteiger partial charge on any atom is -0.305 e. The van der Waals surface area contributed by atoms with Gasteiger partial charge in [-0.25, -0.2) is 0 Å². The highest BCUT2D eigenvalue weighted by atomic mass is 32.1. The smallest absolute Gasteiger partial charge is 0.0195 e. The Labute approximate surface area is 106 Å². The van der Waals surface area contributed by atoms with E-state index in [-0.39, 0.29) is 0 Å². The fourth-order valence-corrected chi connectivity index (χ4v) is 3.55. The standard InChI is InChI=1S/C13H26N2S/c1-12-9-14(2)7-4-8-15(12)10-13(11-16)5-3-6-13/h12,16H,3-11H2,1-2H3. The summed E-state index contributed by atoms with van der Waals surface area (Å²) in [6.45, 7) is 7.43. The molecule has 1 saturated heterocycles. The SMILES string of the molecule is CC1CN(C)CCCN1CC1(CS)CCC1. The molecular weight excluding hydrogens is 216 g/mol. The van der Waals surface area contributed by atoms with Crippen LogP contribution < -0.4 is 0 Å². The van der Waals surface area contributed by atoms with Crippen LogP contribution in [-0.2, 0) is 0 Å². The fraction of sp³-hybridized carbons (Fsp3) is 1.00. The summed E-state index contributed by atoms with van der Waals surface area (Å²) in [5.41, 5.74) is 0.556. The monoisotopic (exact) mass is 242 g/mol. The summed E-state index contributed by atoms with van der Waals surface area (Å²) < 4.78 is 0. The average Bonchev–Trinajstić information content (AvgIpc) is 2.34. The van der Waals surface area contributed by atoms with Gasteiger partial charge in [-0.15, -0.1) is 0 Å². The zero-order valence-electron chi connectivity index (χ0n) is 10.8. The number of hydrogen-bond acceptors (Lipinski definition) is 3. The van der Waals surface area contributed by atoms with Crippen molar-refractivity contribution in [3.63, 3.8) is 0 Å². The summed E-state index contributed by atoms with van der Waals surface area (Å²) >= 11 is 4.57.